The zero-order valence-electron chi connectivity index (χ0n) is 11.2. The summed E-state index contributed by atoms with van der Waals surface area (Å²) in [6, 6.07) is 1.78. The Labute approximate surface area is 119 Å². The maximum atomic E-state index is 14.5. The largest absolute Gasteiger partial charge is 0.371 e. The lowest BCUT2D eigenvalue weighted by atomic mass is 9.98. The number of nitrogens with zero attached hydrogens (tertiary/aromatic N) is 3. The molecule has 0 spiro atoms. The molecular weight excluding hydrogens is 311 g/mol. The van der Waals surface area contributed by atoms with Crippen molar-refractivity contribution in [3.05, 3.63) is 33.6 Å². The van der Waals surface area contributed by atoms with Crippen LogP contribution in [0.3, 0.4) is 0 Å². The average molecular weight is 325 g/mol. The third-order valence-electron chi connectivity index (χ3n) is 3.44. The second kappa shape index (κ2) is 3.79. The summed E-state index contributed by atoms with van der Waals surface area (Å²) in [4.78, 5) is 0. The van der Waals surface area contributed by atoms with Crippen LogP contribution < -0.4 is 5.32 Å². The molecule has 0 saturated carbocycles. The topological polar surface area (TPSA) is 42.7 Å². The smallest absolute Gasteiger partial charge is 0.163 e. The fourth-order valence-electron chi connectivity index (χ4n) is 2.51. The molecule has 6 heteroatoms. The molecule has 1 aliphatic heterocycles. The Balaban J connectivity index is 2.45. The molecule has 2 heterocycles. The highest BCUT2D eigenvalue weighted by molar-refractivity contribution is 9.10. The van der Waals surface area contributed by atoms with Crippen LogP contribution in [-0.4, -0.2) is 14.8 Å². The molecule has 0 fully saturated rings. The summed E-state index contributed by atoms with van der Waals surface area (Å²) in [7, 11) is 0. The van der Waals surface area contributed by atoms with Gasteiger partial charge in [0, 0.05) is 0 Å². The molecule has 3 rings (SSSR count). The van der Waals surface area contributed by atoms with Gasteiger partial charge in [0.05, 0.1) is 15.7 Å². The van der Waals surface area contributed by atoms with E-state index >= 15 is 0 Å². The minimum atomic E-state index is -0.390. The van der Waals surface area contributed by atoms with Gasteiger partial charge < -0.3 is 5.32 Å². The molecule has 0 atom stereocenters. The maximum Gasteiger partial charge on any atom is 0.163 e. The summed E-state index contributed by atoms with van der Waals surface area (Å²) in [6.07, 6.45) is 0. The van der Waals surface area contributed by atoms with Gasteiger partial charge in [-0.3, -0.25) is 4.57 Å². The van der Waals surface area contributed by atoms with Crippen molar-refractivity contribution in [1.82, 2.24) is 14.8 Å². The molecule has 1 aromatic heterocycles. The Morgan fingerprint density at radius 3 is 2.68 bits per heavy atom. The van der Waals surface area contributed by atoms with E-state index in [0.717, 1.165) is 11.3 Å². The fourth-order valence-corrected chi connectivity index (χ4v) is 3.04. The van der Waals surface area contributed by atoms with Crippen molar-refractivity contribution in [3.8, 4) is 5.69 Å². The highest BCUT2D eigenvalue weighted by Crippen LogP contribution is 2.41. The summed E-state index contributed by atoms with van der Waals surface area (Å²) in [5.74, 6) is 1.10. The molecule has 1 aromatic carbocycles. The Kier molecular flexibility index (Phi) is 2.51. The number of aryl methyl sites for hydroxylation is 2. The second-order valence-corrected chi connectivity index (χ2v) is 6.22. The first-order valence-electron chi connectivity index (χ1n) is 6.02. The van der Waals surface area contributed by atoms with E-state index in [9.17, 15) is 4.39 Å². The number of rotatable bonds is 0. The van der Waals surface area contributed by atoms with Crippen molar-refractivity contribution >= 4 is 21.6 Å². The second-order valence-electron chi connectivity index (χ2n) is 5.37. The lowest BCUT2D eigenvalue weighted by molar-refractivity contribution is 0.520. The van der Waals surface area contributed by atoms with Gasteiger partial charge >= 0.3 is 0 Å². The van der Waals surface area contributed by atoms with E-state index < -0.39 is 0 Å². The van der Waals surface area contributed by atoms with E-state index in [4.69, 9.17) is 0 Å². The molecule has 19 heavy (non-hydrogen) atoms. The van der Waals surface area contributed by atoms with E-state index in [1.807, 2.05) is 27.7 Å². The molecule has 0 saturated heterocycles. The van der Waals surface area contributed by atoms with E-state index in [2.05, 4.69) is 31.4 Å². The zero-order valence-corrected chi connectivity index (χ0v) is 12.8. The molecule has 4 nitrogen and oxygen atoms in total. The minimum absolute atomic E-state index is 0.298. The number of hydrogen-bond donors (Lipinski definition) is 1. The first-order chi connectivity index (χ1) is 8.83. The van der Waals surface area contributed by atoms with E-state index in [1.165, 1.54) is 0 Å². The molecule has 2 aromatic rings. The van der Waals surface area contributed by atoms with Crippen molar-refractivity contribution in [3.63, 3.8) is 0 Å². The number of anilines is 1. The van der Waals surface area contributed by atoms with Crippen LogP contribution in [0.4, 0.5) is 10.1 Å². The van der Waals surface area contributed by atoms with Crippen LogP contribution in [0.5, 0.6) is 0 Å². The third-order valence-corrected chi connectivity index (χ3v) is 4.01. The molecule has 0 radical (unpaired) electrons. The molecule has 0 aliphatic carbocycles. The lowest BCUT2D eigenvalue weighted by Crippen LogP contribution is -2.36. The summed E-state index contributed by atoms with van der Waals surface area (Å²) >= 11 is 3.26. The first-order valence-corrected chi connectivity index (χ1v) is 6.82. The van der Waals surface area contributed by atoms with Crippen LogP contribution in [0.1, 0.15) is 31.1 Å². The van der Waals surface area contributed by atoms with Gasteiger partial charge in [0.15, 0.2) is 11.6 Å². The van der Waals surface area contributed by atoms with Gasteiger partial charge in [0.25, 0.3) is 0 Å². The SMILES string of the molecule is Cc1cc(Br)c(F)c2c1NC(C)(C)c1nnc(C)n1-2. The van der Waals surface area contributed by atoms with Gasteiger partial charge in [0.2, 0.25) is 0 Å². The van der Waals surface area contributed by atoms with Crippen LogP contribution >= 0.6 is 15.9 Å². The fraction of sp³-hybridized carbons (Fsp3) is 0.385. The lowest BCUT2D eigenvalue weighted by Gasteiger charge is -2.35. The van der Waals surface area contributed by atoms with Crippen molar-refractivity contribution in [1.29, 1.82) is 0 Å². The third kappa shape index (κ3) is 1.62. The standard InChI is InChI=1S/C13H14BrFN4/c1-6-5-8(14)9(15)11-10(6)16-13(3,4)12-18-17-7(2)19(11)12/h5,16H,1-4H3. The maximum absolute atomic E-state index is 14.5. The van der Waals surface area contributed by atoms with Crippen LogP contribution in [0.15, 0.2) is 10.5 Å². The van der Waals surface area contributed by atoms with E-state index in [0.29, 0.717) is 21.8 Å². The monoisotopic (exact) mass is 324 g/mol. The summed E-state index contributed by atoms with van der Waals surface area (Å²) < 4.78 is 16.7. The van der Waals surface area contributed by atoms with E-state index in [-0.39, 0.29) is 11.4 Å². The van der Waals surface area contributed by atoms with Gasteiger partial charge in [-0.1, -0.05) is 0 Å². The summed E-state index contributed by atoms with van der Waals surface area (Å²) in [5, 5.41) is 11.6. The van der Waals surface area contributed by atoms with Crippen molar-refractivity contribution < 1.29 is 4.39 Å². The minimum Gasteiger partial charge on any atom is -0.371 e. The highest BCUT2D eigenvalue weighted by Gasteiger charge is 2.36. The summed E-state index contributed by atoms with van der Waals surface area (Å²) in [5.41, 5.74) is 1.87. The molecule has 100 valence electrons. The van der Waals surface area contributed by atoms with E-state index in [1.54, 1.807) is 10.6 Å². The number of nitrogens with one attached hydrogen (secondary N) is 1. The highest BCUT2D eigenvalue weighted by atomic mass is 79.9. The molecule has 1 aliphatic rings. The Morgan fingerprint density at radius 2 is 2.00 bits per heavy atom. The molecule has 0 unspecified atom stereocenters. The Bertz CT molecular complexity index is 690. The van der Waals surface area contributed by atoms with Crippen LogP contribution in [0, 0.1) is 19.7 Å². The summed E-state index contributed by atoms with van der Waals surface area (Å²) in [6.45, 7) is 7.80. The van der Waals surface area contributed by atoms with Gasteiger partial charge in [-0.05, 0) is 55.3 Å². The predicted octanol–water partition coefficient (Wildman–Crippen LogP) is 3.45. The van der Waals surface area contributed by atoms with Gasteiger partial charge in [0.1, 0.15) is 11.5 Å². The Morgan fingerprint density at radius 1 is 1.32 bits per heavy atom. The van der Waals surface area contributed by atoms with Gasteiger partial charge in [-0.25, -0.2) is 4.39 Å². The number of hydrogen-bond acceptors (Lipinski definition) is 3. The molecule has 0 amide bonds. The van der Waals surface area contributed by atoms with Gasteiger partial charge in [-0.2, -0.15) is 0 Å². The molecule has 0 bridgehead atoms. The number of fused-ring (bicyclic) bond motifs is 3. The number of halogens is 2. The molecule has 1 N–H and O–H groups in total. The first kappa shape index (κ1) is 12.6. The molecular formula is C13H14BrFN4. The average Bonchev–Trinajstić information content (AvgIpc) is 2.69. The van der Waals surface area contributed by atoms with Crippen molar-refractivity contribution in [2.45, 2.75) is 33.2 Å². The number of aromatic nitrogens is 3. The van der Waals surface area contributed by atoms with Crippen LogP contribution in [-0.2, 0) is 5.54 Å². The van der Waals surface area contributed by atoms with Crippen molar-refractivity contribution in [2.24, 2.45) is 0 Å². The zero-order chi connectivity index (χ0) is 13.9. The van der Waals surface area contributed by atoms with Crippen molar-refractivity contribution in [2.75, 3.05) is 5.32 Å². The van der Waals surface area contributed by atoms with Crippen LogP contribution in [0.2, 0.25) is 0 Å². The Hall–Kier alpha value is -1.43. The predicted molar refractivity (Wildman–Crippen MR) is 75.1 cm³/mol. The number of benzene rings is 1. The quantitative estimate of drug-likeness (QED) is 0.807. The van der Waals surface area contributed by atoms with Crippen LogP contribution in [0.25, 0.3) is 5.69 Å². The van der Waals surface area contributed by atoms with Gasteiger partial charge in [-0.15, -0.1) is 10.2 Å². The normalized spacial score (nSPS) is 15.7.